The van der Waals surface area contributed by atoms with Crippen molar-refractivity contribution in [1.82, 2.24) is 25.6 Å². The molecule has 0 radical (unpaired) electrons. The molecule has 0 bridgehead atoms. The Morgan fingerprint density at radius 1 is 0.939 bits per heavy atom. The number of sulfonamides is 1. The Labute approximate surface area is 285 Å². The number of likely N-dealkylation sites (tertiary alicyclic amines) is 1. The van der Waals surface area contributed by atoms with Crippen molar-refractivity contribution in [3.8, 4) is 0 Å². The van der Waals surface area contributed by atoms with Crippen LogP contribution in [0.5, 0.6) is 0 Å². The lowest BCUT2D eigenvalue weighted by Crippen LogP contribution is -2.63. The van der Waals surface area contributed by atoms with Crippen molar-refractivity contribution in [2.24, 2.45) is 5.92 Å². The maximum Gasteiger partial charge on any atom is 0.319 e. The highest BCUT2D eigenvalue weighted by atomic mass is 32.2. The molecular weight excluding hydrogens is 656 g/mol. The van der Waals surface area contributed by atoms with Gasteiger partial charge < -0.3 is 20.3 Å². The molecule has 0 spiro atoms. The van der Waals surface area contributed by atoms with E-state index in [2.05, 4.69) is 20.7 Å². The van der Waals surface area contributed by atoms with Crippen LogP contribution in [-0.2, 0) is 35.7 Å². The van der Waals surface area contributed by atoms with Crippen LogP contribution in [0, 0.1) is 16.0 Å². The van der Waals surface area contributed by atoms with Gasteiger partial charge in [0.05, 0.1) is 29.5 Å². The van der Waals surface area contributed by atoms with Gasteiger partial charge in [0.15, 0.2) is 0 Å². The molecule has 1 saturated carbocycles. The van der Waals surface area contributed by atoms with E-state index in [4.69, 9.17) is 4.74 Å². The SMILES string of the molecule is COC(=O)CN[C@@H](C(=O)N1CC[C@H]1C(=O)NCc1ccc(C(=O)NCCCCNS(=O)(=O)c2ccc([N+](=O)[O-])cc2)cc1)C1CCCCC1. The maximum atomic E-state index is 13.5. The fourth-order valence-electron chi connectivity index (χ4n) is 5.96. The minimum absolute atomic E-state index is 0.0696. The number of benzene rings is 2. The standard InChI is InChI=1S/C33H44N6O9S/c1-48-29(40)22-35-30(24-7-3-2-4-8-24)33(43)38-20-17-28(38)32(42)36-21-23-9-11-25(12-10-23)31(41)34-18-5-6-19-37-49(46,47)27-15-13-26(14-16-27)39(44)45/h9-16,24,28,30,35,37H,2-8,17-22H2,1H3,(H,34,41)(H,36,42)/t28-,30+/m0/s1. The fourth-order valence-corrected chi connectivity index (χ4v) is 7.04. The number of carbonyl (C=O) groups is 4. The lowest BCUT2D eigenvalue weighted by molar-refractivity contribution is -0.384. The molecule has 4 rings (SSSR count). The smallest absolute Gasteiger partial charge is 0.319 e. The zero-order valence-electron chi connectivity index (χ0n) is 27.5. The van der Waals surface area contributed by atoms with Crippen LogP contribution in [0.1, 0.15) is 67.3 Å². The second kappa shape index (κ2) is 17.8. The molecule has 2 aromatic rings. The van der Waals surface area contributed by atoms with Gasteiger partial charge in [0, 0.05) is 43.9 Å². The molecule has 49 heavy (non-hydrogen) atoms. The summed E-state index contributed by atoms with van der Waals surface area (Å²) in [4.78, 5) is 62.5. The predicted octanol–water partition coefficient (Wildman–Crippen LogP) is 2.01. The number of nitrogens with zero attached hydrogens (tertiary/aromatic N) is 2. The molecule has 1 saturated heterocycles. The van der Waals surface area contributed by atoms with E-state index in [1.807, 2.05) is 0 Å². The van der Waals surface area contributed by atoms with Gasteiger partial charge in [-0.1, -0.05) is 31.4 Å². The summed E-state index contributed by atoms with van der Waals surface area (Å²) in [5.74, 6) is -1.06. The number of methoxy groups -OCH3 is 1. The number of amides is 3. The third-order valence-corrected chi connectivity index (χ3v) is 10.4. The van der Waals surface area contributed by atoms with Crippen LogP contribution in [0.3, 0.4) is 0 Å². The lowest BCUT2D eigenvalue weighted by atomic mass is 9.82. The predicted molar refractivity (Wildman–Crippen MR) is 179 cm³/mol. The summed E-state index contributed by atoms with van der Waals surface area (Å²) in [6.45, 7) is 1.09. The number of rotatable bonds is 17. The average Bonchev–Trinajstić information content (AvgIpc) is 3.09. The molecule has 16 heteroatoms. The molecule has 15 nitrogen and oxygen atoms in total. The number of hydrogen-bond acceptors (Lipinski definition) is 10. The summed E-state index contributed by atoms with van der Waals surface area (Å²) in [6.07, 6.45) is 6.49. The highest BCUT2D eigenvalue weighted by Crippen LogP contribution is 2.29. The maximum absolute atomic E-state index is 13.5. The van der Waals surface area contributed by atoms with E-state index >= 15 is 0 Å². The number of unbranched alkanes of at least 4 members (excludes halogenated alkanes) is 1. The number of nitro benzene ring substituents is 1. The van der Waals surface area contributed by atoms with Crippen LogP contribution in [0.25, 0.3) is 0 Å². The van der Waals surface area contributed by atoms with E-state index in [0.717, 1.165) is 49.8 Å². The number of hydrogen-bond donors (Lipinski definition) is 4. The van der Waals surface area contributed by atoms with Gasteiger partial charge in [-0.2, -0.15) is 0 Å². The second-order valence-corrected chi connectivity index (χ2v) is 14.0. The summed E-state index contributed by atoms with van der Waals surface area (Å²) >= 11 is 0. The summed E-state index contributed by atoms with van der Waals surface area (Å²) in [7, 11) is -2.50. The van der Waals surface area contributed by atoms with E-state index < -0.39 is 33.0 Å². The third kappa shape index (κ3) is 10.5. The van der Waals surface area contributed by atoms with Gasteiger partial charge >= 0.3 is 5.97 Å². The Kier molecular flexibility index (Phi) is 13.6. The molecular formula is C33H44N6O9S. The monoisotopic (exact) mass is 700 g/mol. The molecule has 1 heterocycles. The molecule has 1 aliphatic heterocycles. The van der Waals surface area contributed by atoms with Crippen LogP contribution in [0.4, 0.5) is 5.69 Å². The molecule has 4 N–H and O–H groups in total. The molecule has 266 valence electrons. The first-order chi connectivity index (χ1) is 23.5. The van der Waals surface area contributed by atoms with Gasteiger partial charge in [-0.05, 0) is 67.9 Å². The van der Waals surface area contributed by atoms with Crippen molar-refractivity contribution in [3.63, 3.8) is 0 Å². The largest absolute Gasteiger partial charge is 0.468 e. The highest BCUT2D eigenvalue weighted by Gasteiger charge is 2.42. The number of esters is 1. The first kappa shape index (κ1) is 37.4. The van der Waals surface area contributed by atoms with Gasteiger partial charge in [-0.3, -0.25) is 34.6 Å². The van der Waals surface area contributed by atoms with Crippen molar-refractivity contribution >= 4 is 39.4 Å². The van der Waals surface area contributed by atoms with Gasteiger partial charge in [0.25, 0.3) is 11.6 Å². The Morgan fingerprint density at radius 2 is 1.61 bits per heavy atom. The number of carbonyl (C=O) groups excluding carboxylic acids is 4. The van der Waals surface area contributed by atoms with Crippen molar-refractivity contribution in [2.45, 2.75) is 74.9 Å². The van der Waals surface area contributed by atoms with Crippen LogP contribution in [0.15, 0.2) is 53.4 Å². The highest BCUT2D eigenvalue weighted by molar-refractivity contribution is 7.89. The topological polar surface area (TPSA) is 206 Å². The molecule has 0 unspecified atom stereocenters. The van der Waals surface area contributed by atoms with E-state index in [-0.39, 0.29) is 53.9 Å². The van der Waals surface area contributed by atoms with Crippen molar-refractivity contribution in [1.29, 1.82) is 0 Å². The number of nitro groups is 1. The summed E-state index contributed by atoms with van der Waals surface area (Å²) in [5, 5.41) is 19.5. The zero-order valence-corrected chi connectivity index (χ0v) is 28.3. The number of non-ortho nitro benzene ring substituents is 1. The number of ether oxygens (including phenoxy) is 1. The first-order valence-corrected chi connectivity index (χ1v) is 18.0. The van der Waals surface area contributed by atoms with Crippen LogP contribution < -0.4 is 20.7 Å². The second-order valence-electron chi connectivity index (χ2n) is 12.2. The van der Waals surface area contributed by atoms with Gasteiger partial charge in [-0.15, -0.1) is 0 Å². The first-order valence-electron chi connectivity index (χ1n) is 16.5. The molecule has 2 aliphatic rings. The van der Waals surface area contributed by atoms with Crippen molar-refractivity contribution < 1.29 is 37.3 Å². The molecule has 1 aliphatic carbocycles. The van der Waals surface area contributed by atoms with E-state index in [9.17, 15) is 37.7 Å². The van der Waals surface area contributed by atoms with E-state index in [1.54, 1.807) is 29.2 Å². The average molecular weight is 701 g/mol. The Hall–Kier alpha value is -4.41. The summed E-state index contributed by atoms with van der Waals surface area (Å²) < 4.78 is 31.9. The third-order valence-electron chi connectivity index (χ3n) is 8.91. The normalized spacial score (nSPS) is 17.0. The van der Waals surface area contributed by atoms with Crippen molar-refractivity contribution in [3.05, 3.63) is 69.8 Å². The summed E-state index contributed by atoms with van der Waals surface area (Å²) in [5.41, 5.74) is 1.01. The zero-order chi connectivity index (χ0) is 35.4. The van der Waals surface area contributed by atoms with Crippen LogP contribution in [0.2, 0.25) is 0 Å². The lowest BCUT2D eigenvalue weighted by Gasteiger charge is -2.43. The fraction of sp³-hybridized carbons (Fsp3) is 0.515. The molecule has 2 aromatic carbocycles. The molecule has 2 atom stereocenters. The quantitative estimate of drug-likeness (QED) is 0.0817. The molecule has 0 aromatic heterocycles. The summed E-state index contributed by atoms with van der Waals surface area (Å²) in [6, 6.07) is 10.2. The van der Waals surface area contributed by atoms with E-state index in [1.165, 1.54) is 19.2 Å². The Bertz CT molecular complexity index is 1580. The Balaban J connectivity index is 1.17. The Morgan fingerprint density at radius 3 is 2.22 bits per heavy atom. The van der Waals surface area contributed by atoms with Crippen LogP contribution >= 0.6 is 0 Å². The minimum atomic E-state index is -3.81. The van der Waals surface area contributed by atoms with Crippen molar-refractivity contribution in [2.75, 3.05) is 33.3 Å². The van der Waals surface area contributed by atoms with Gasteiger partial charge in [-0.25, -0.2) is 13.1 Å². The number of nitrogens with one attached hydrogen (secondary N) is 4. The van der Waals surface area contributed by atoms with Gasteiger partial charge in [0.2, 0.25) is 21.8 Å². The molecule has 3 amide bonds. The minimum Gasteiger partial charge on any atom is -0.468 e. The van der Waals surface area contributed by atoms with Crippen LogP contribution in [-0.4, -0.2) is 87.3 Å². The van der Waals surface area contributed by atoms with E-state index in [0.29, 0.717) is 37.9 Å². The van der Waals surface area contributed by atoms with Gasteiger partial charge in [0.1, 0.15) is 6.04 Å². The molecule has 2 fully saturated rings.